The second kappa shape index (κ2) is 6.94. The molecule has 0 atom stereocenters. The van der Waals surface area contributed by atoms with Crippen molar-refractivity contribution in [2.75, 3.05) is 0 Å². The second-order valence-corrected chi connectivity index (χ2v) is 6.84. The lowest BCUT2D eigenvalue weighted by Gasteiger charge is -2.01. The minimum absolute atomic E-state index is 0.567. The van der Waals surface area contributed by atoms with Crippen LogP contribution in [0.25, 0.3) is 22.0 Å². The largest absolute Gasteiger partial charge is 0.338 e. The molecule has 4 aromatic rings. The average molecular weight is 352 g/mol. The molecule has 0 aliphatic heterocycles. The number of benzene rings is 1. The highest BCUT2D eigenvalue weighted by Gasteiger charge is 2.10. The third-order valence-corrected chi connectivity index (χ3v) is 5.03. The minimum Gasteiger partial charge on any atom is -0.338 e. The average Bonchev–Trinajstić information content (AvgIpc) is 3.33. The monoisotopic (exact) mass is 352 g/mol. The fourth-order valence-electron chi connectivity index (χ4n) is 2.11. The zero-order valence-electron chi connectivity index (χ0n) is 12.5. The first-order valence-corrected chi connectivity index (χ1v) is 9.13. The summed E-state index contributed by atoms with van der Waals surface area (Å²) in [5.41, 5.74) is 1.91. The molecular weight excluding hydrogens is 340 g/mol. The van der Waals surface area contributed by atoms with Crippen LogP contribution in [-0.4, -0.2) is 20.3 Å². The summed E-state index contributed by atoms with van der Waals surface area (Å²) in [4.78, 5) is 5.40. The summed E-state index contributed by atoms with van der Waals surface area (Å²) >= 11 is 3.11. The van der Waals surface area contributed by atoms with Crippen molar-refractivity contribution < 1.29 is 4.52 Å². The van der Waals surface area contributed by atoms with Crippen molar-refractivity contribution >= 4 is 23.1 Å². The molecule has 0 fully saturated rings. The molecule has 3 heterocycles. The lowest BCUT2D eigenvalue weighted by atomic mass is 10.1. The number of rotatable bonds is 5. The van der Waals surface area contributed by atoms with Crippen LogP contribution in [0.5, 0.6) is 0 Å². The lowest BCUT2D eigenvalue weighted by Crippen LogP contribution is -1.90. The van der Waals surface area contributed by atoms with Gasteiger partial charge in [0.25, 0.3) is 0 Å². The van der Waals surface area contributed by atoms with Gasteiger partial charge in [0, 0.05) is 5.56 Å². The molecule has 5 nitrogen and oxygen atoms in total. The Morgan fingerprint density at radius 2 is 1.88 bits per heavy atom. The molecule has 0 saturated carbocycles. The van der Waals surface area contributed by atoms with Gasteiger partial charge in [0.1, 0.15) is 5.03 Å². The van der Waals surface area contributed by atoms with E-state index in [0.717, 1.165) is 21.2 Å². The van der Waals surface area contributed by atoms with Crippen molar-refractivity contribution in [3.8, 4) is 22.0 Å². The molecule has 0 N–H and O–H groups in total. The molecule has 0 aliphatic carbocycles. The molecule has 0 spiro atoms. The topological polar surface area (TPSA) is 64.7 Å². The van der Waals surface area contributed by atoms with Crippen molar-refractivity contribution in [1.82, 2.24) is 20.3 Å². The Morgan fingerprint density at radius 1 is 0.958 bits per heavy atom. The van der Waals surface area contributed by atoms with Crippen molar-refractivity contribution in [1.29, 1.82) is 0 Å². The van der Waals surface area contributed by atoms with Gasteiger partial charge in [0.15, 0.2) is 0 Å². The van der Waals surface area contributed by atoms with E-state index in [0.29, 0.717) is 17.5 Å². The van der Waals surface area contributed by atoms with Crippen LogP contribution in [-0.2, 0) is 5.75 Å². The number of thiophene rings is 1. The molecule has 1 aromatic carbocycles. The van der Waals surface area contributed by atoms with Crippen LogP contribution in [0.1, 0.15) is 5.89 Å². The van der Waals surface area contributed by atoms with Crippen molar-refractivity contribution in [2.45, 2.75) is 10.8 Å². The predicted octanol–water partition coefficient (Wildman–Crippen LogP) is 4.55. The van der Waals surface area contributed by atoms with Crippen molar-refractivity contribution in [3.63, 3.8) is 0 Å². The van der Waals surface area contributed by atoms with Gasteiger partial charge in [-0.1, -0.05) is 53.3 Å². The number of aromatic nitrogens is 4. The number of hydrogen-bond acceptors (Lipinski definition) is 7. The first kappa shape index (κ1) is 15.0. The molecule has 7 heteroatoms. The van der Waals surface area contributed by atoms with E-state index in [-0.39, 0.29) is 0 Å². The van der Waals surface area contributed by atoms with Gasteiger partial charge in [-0.05, 0) is 23.6 Å². The number of thioether (sulfide) groups is 1. The smallest absolute Gasteiger partial charge is 0.237 e. The molecule has 4 rings (SSSR count). The van der Waals surface area contributed by atoms with Crippen LogP contribution in [0.2, 0.25) is 0 Å². The van der Waals surface area contributed by atoms with E-state index in [1.807, 2.05) is 60.0 Å². The summed E-state index contributed by atoms with van der Waals surface area (Å²) < 4.78 is 5.28. The van der Waals surface area contributed by atoms with Gasteiger partial charge in [-0.25, -0.2) is 0 Å². The second-order valence-electron chi connectivity index (χ2n) is 4.90. The molecule has 0 saturated heterocycles. The molecule has 0 aliphatic rings. The predicted molar refractivity (Wildman–Crippen MR) is 94.6 cm³/mol. The van der Waals surface area contributed by atoms with E-state index in [1.165, 1.54) is 11.8 Å². The van der Waals surface area contributed by atoms with Gasteiger partial charge in [0.05, 0.1) is 16.3 Å². The summed E-state index contributed by atoms with van der Waals surface area (Å²) in [5.74, 6) is 1.78. The molecular formula is C17H12N4OS2. The third kappa shape index (κ3) is 3.37. The van der Waals surface area contributed by atoms with E-state index in [1.54, 1.807) is 11.3 Å². The Kier molecular flexibility index (Phi) is 4.35. The maximum absolute atomic E-state index is 5.28. The molecule has 118 valence electrons. The fourth-order valence-corrected chi connectivity index (χ4v) is 3.42. The zero-order chi connectivity index (χ0) is 16.2. The Morgan fingerprint density at radius 3 is 2.62 bits per heavy atom. The molecule has 0 bridgehead atoms. The Hall–Kier alpha value is -2.51. The van der Waals surface area contributed by atoms with E-state index >= 15 is 0 Å². The van der Waals surface area contributed by atoms with Gasteiger partial charge < -0.3 is 4.52 Å². The standard InChI is InChI=1S/C17H12N4OS2/c1-2-5-12(6-3-1)13-8-9-16(20-19-13)24-11-15-18-17(21-22-15)14-7-4-10-23-14/h1-10H,11H2. The molecule has 24 heavy (non-hydrogen) atoms. The molecule has 3 aromatic heterocycles. The highest BCUT2D eigenvalue weighted by atomic mass is 32.2. The minimum atomic E-state index is 0.567. The normalized spacial score (nSPS) is 10.8. The van der Waals surface area contributed by atoms with Crippen LogP contribution in [0.3, 0.4) is 0 Å². The van der Waals surface area contributed by atoms with Gasteiger partial charge >= 0.3 is 0 Å². The third-order valence-electron chi connectivity index (χ3n) is 3.26. The van der Waals surface area contributed by atoms with Crippen LogP contribution >= 0.6 is 23.1 Å². The molecule has 0 unspecified atom stereocenters. The van der Waals surface area contributed by atoms with Crippen molar-refractivity contribution in [2.24, 2.45) is 0 Å². The first-order chi connectivity index (χ1) is 11.9. The van der Waals surface area contributed by atoms with Crippen LogP contribution in [0.4, 0.5) is 0 Å². The Balaban J connectivity index is 1.41. The summed E-state index contributed by atoms with van der Waals surface area (Å²) in [6.07, 6.45) is 0. The van der Waals surface area contributed by atoms with E-state index in [2.05, 4.69) is 20.3 Å². The summed E-state index contributed by atoms with van der Waals surface area (Å²) in [7, 11) is 0. The quantitative estimate of drug-likeness (QED) is 0.491. The van der Waals surface area contributed by atoms with E-state index < -0.39 is 0 Å². The number of nitrogens with zero attached hydrogens (tertiary/aromatic N) is 4. The Labute approximate surface area is 146 Å². The van der Waals surface area contributed by atoms with Gasteiger partial charge in [-0.15, -0.1) is 21.5 Å². The van der Waals surface area contributed by atoms with Crippen LogP contribution in [0.15, 0.2) is 69.5 Å². The maximum Gasteiger partial charge on any atom is 0.237 e. The number of hydrogen-bond donors (Lipinski definition) is 0. The fraction of sp³-hybridized carbons (Fsp3) is 0.0588. The molecule has 0 amide bonds. The van der Waals surface area contributed by atoms with Gasteiger partial charge in [0.2, 0.25) is 11.7 Å². The highest BCUT2D eigenvalue weighted by Crippen LogP contribution is 2.25. The highest BCUT2D eigenvalue weighted by molar-refractivity contribution is 7.98. The zero-order valence-corrected chi connectivity index (χ0v) is 14.1. The lowest BCUT2D eigenvalue weighted by molar-refractivity contribution is 0.392. The maximum atomic E-state index is 5.28. The molecule has 0 radical (unpaired) electrons. The summed E-state index contributed by atoms with van der Waals surface area (Å²) in [6, 6.07) is 17.8. The van der Waals surface area contributed by atoms with Gasteiger partial charge in [-0.2, -0.15) is 4.98 Å². The van der Waals surface area contributed by atoms with E-state index in [9.17, 15) is 0 Å². The van der Waals surface area contributed by atoms with Crippen LogP contribution < -0.4 is 0 Å². The first-order valence-electron chi connectivity index (χ1n) is 7.27. The van der Waals surface area contributed by atoms with Crippen LogP contribution in [0, 0.1) is 0 Å². The van der Waals surface area contributed by atoms with E-state index in [4.69, 9.17) is 4.52 Å². The summed E-state index contributed by atoms with van der Waals surface area (Å²) in [5, 5.41) is 15.3. The SMILES string of the molecule is c1ccc(-c2ccc(SCc3nc(-c4cccs4)no3)nn2)cc1. The van der Waals surface area contributed by atoms with Crippen molar-refractivity contribution in [3.05, 3.63) is 65.9 Å². The Bertz CT molecular complexity index is 905. The van der Waals surface area contributed by atoms with Gasteiger partial charge in [-0.3, -0.25) is 0 Å². The summed E-state index contributed by atoms with van der Waals surface area (Å²) in [6.45, 7) is 0.